The van der Waals surface area contributed by atoms with Gasteiger partial charge in [0.15, 0.2) is 11.5 Å². The number of aromatic nitrogens is 3. The van der Waals surface area contributed by atoms with E-state index in [-0.39, 0.29) is 0 Å². The lowest BCUT2D eigenvalue weighted by Gasteiger charge is -2.19. The Kier molecular flexibility index (Phi) is 4.24. The fraction of sp³-hybridized carbons (Fsp3) is 0.300. The van der Waals surface area contributed by atoms with Crippen LogP contribution in [0.3, 0.4) is 0 Å². The summed E-state index contributed by atoms with van der Waals surface area (Å²) in [6, 6.07) is 8.04. The summed E-state index contributed by atoms with van der Waals surface area (Å²) in [5, 5.41) is 8.53. The molecular weight excluding hydrogens is 408 g/mol. The summed E-state index contributed by atoms with van der Waals surface area (Å²) in [6.45, 7) is 2.10. The van der Waals surface area contributed by atoms with Crippen molar-refractivity contribution in [2.24, 2.45) is 0 Å². The number of rotatable bonds is 2. The van der Waals surface area contributed by atoms with Crippen LogP contribution in [0.4, 0.5) is 5.82 Å². The van der Waals surface area contributed by atoms with Crippen molar-refractivity contribution in [1.82, 2.24) is 14.8 Å². The van der Waals surface area contributed by atoms with Gasteiger partial charge in [0.2, 0.25) is 0 Å². The molecule has 1 aromatic carbocycles. The van der Waals surface area contributed by atoms with E-state index in [4.69, 9.17) is 14.6 Å². The lowest BCUT2D eigenvalue weighted by atomic mass is 10.1. The number of fused-ring (bicyclic) bond motifs is 2. The SMILES string of the molecule is Brc1cncc(-c2nn(-c3ccc4c(c3)OCCO4)c3c2CCCCN3)c1. The maximum Gasteiger partial charge on any atom is 0.163 e. The minimum atomic E-state index is 0.570. The number of halogens is 1. The number of ether oxygens (including phenoxy) is 2. The Morgan fingerprint density at radius 2 is 1.93 bits per heavy atom. The van der Waals surface area contributed by atoms with Gasteiger partial charge in [-0.05, 0) is 53.4 Å². The van der Waals surface area contributed by atoms with Crippen molar-refractivity contribution in [2.45, 2.75) is 19.3 Å². The molecule has 0 saturated carbocycles. The van der Waals surface area contributed by atoms with Crippen molar-refractivity contribution < 1.29 is 9.47 Å². The van der Waals surface area contributed by atoms with Gasteiger partial charge in [0.05, 0.1) is 11.4 Å². The van der Waals surface area contributed by atoms with Gasteiger partial charge in [-0.1, -0.05) is 0 Å². The van der Waals surface area contributed by atoms with E-state index in [9.17, 15) is 0 Å². The second-order valence-corrected chi connectivity index (χ2v) is 7.61. The van der Waals surface area contributed by atoms with Gasteiger partial charge in [-0.25, -0.2) is 4.68 Å². The molecule has 138 valence electrons. The van der Waals surface area contributed by atoms with Crippen molar-refractivity contribution in [2.75, 3.05) is 25.1 Å². The Bertz CT molecular complexity index is 1000. The number of nitrogens with zero attached hydrogens (tertiary/aromatic N) is 3. The first-order chi connectivity index (χ1) is 13.3. The van der Waals surface area contributed by atoms with Crippen molar-refractivity contribution in [3.05, 3.63) is 46.7 Å². The van der Waals surface area contributed by atoms with Crippen LogP contribution in [0.2, 0.25) is 0 Å². The number of hydrogen-bond donors (Lipinski definition) is 1. The van der Waals surface area contributed by atoms with Crippen LogP contribution in [0.1, 0.15) is 18.4 Å². The van der Waals surface area contributed by atoms with Crippen LogP contribution < -0.4 is 14.8 Å². The van der Waals surface area contributed by atoms with E-state index in [1.54, 1.807) is 6.20 Å². The molecule has 0 amide bonds. The van der Waals surface area contributed by atoms with Crippen LogP contribution in [-0.4, -0.2) is 34.5 Å². The third-order valence-corrected chi connectivity index (χ3v) is 5.31. The number of nitrogens with one attached hydrogen (secondary N) is 1. The highest BCUT2D eigenvalue weighted by atomic mass is 79.9. The standard InChI is InChI=1S/C20H19BrN4O2/c21-14-9-13(11-22-12-14)19-16-3-1-2-6-23-20(16)25(24-19)15-4-5-17-18(10-15)27-8-7-26-17/h4-5,9-12,23H,1-3,6-8H2. The molecule has 0 spiro atoms. The molecule has 1 N–H and O–H groups in total. The second kappa shape index (κ2) is 6.88. The van der Waals surface area contributed by atoms with Gasteiger partial charge < -0.3 is 14.8 Å². The van der Waals surface area contributed by atoms with E-state index < -0.39 is 0 Å². The Balaban J connectivity index is 1.66. The molecule has 6 nitrogen and oxygen atoms in total. The fourth-order valence-electron chi connectivity index (χ4n) is 3.63. The molecular formula is C20H19BrN4O2. The molecule has 0 fully saturated rings. The van der Waals surface area contributed by atoms with Crippen molar-refractivity contribution >= 4 is 21.7 Å². The van der Waals surface area contributed by atoms with Crippen LogP contribution in [0, 0.1) is 0 Å². The number of hydrogen-bond acceptors (Lipinski definition) is 5. The minimum Gasteiger partial charge on any atom is -0.486 e. The van der Waals surface area contributed by atoms with Gasteiger partial charge in [0, 0.05) is 40.6 Å². The summed E-state index contributed by atoms with van der Waals surface area (Å²) in [7, 11) is 0. The zero-order chi connectivity index (χ0) is 18.2. The smallest absolute Gasteiger partial charge is 0.163 e. The van der Waals surface area contributed by atoms with Crippen LogP contribution in [0.25, 0.3) is 16.9 Å². The molecule has 0 radical (unpaired) electrons. The highest BCUT2D eigenvalue weighted by Gasteiger charge is 2.23. The van der Waals surface area contributed by atoms with Gasteiger partial charge in [-0.3, -0.25) is 4.98 Å². The predicted octanol–water partition coefficient (Wildman–Crippen LogP) is 4.22. The Labute approximate surface area is 165 Å². The highest BCUT2D eigenvalue weighted by Crippen LogP contribution is 2.37. The zero-order valence-electron chi connectivity index (χ0n) is 14.7. The summed E-state index contributed by atoms with van der Waals surface area (Å²) in [4.78, 5) is 4.32. The maximum absolute atomic E-state index is 5.76. The molecule has 4 heterocycles. The summed E-state index contributed by atoms with van der Waals surface area (Å²) in [6.07, 6.45) is 6.94. The normalized spacial score (nSPS) is 15.6. The second-order valence-electron chi connectivity index (χ2n) is 6.69. The topological polar surface area (TPSA) is 61.2 Å². The molecule has 0 unspecified atom stereocenters. The molecule has 2 aliphatic rings. The fourth-order valence-corrected chi connectivity index (χ4v) is 3.99. The first-order valence-electron chi connectivity index (χ1n) is 9.16. The molecule has 5 rings (SSSR count). The molecule has 3 aromatic rings. The lowest BCUT2D eigenvalue weighted by molar-refractivity contribution is 0.171. The first kappa shape index (κ1) is 16.6. The van der Waals surface area contributed by atoms with E-state index in [0.29, 0.717) is 13.2 Å². The average Bonchev–Trinajstić information content (AvgIpc) is 2.89. The van der Waals surface area contributed by atoms with E-state index in [0.717, 1.165) is 64.5 Å². The molecule has 0 bridgehead atoms. The molecule has 0 aliphatic carbocycles. The molecule has 0 atom stereocenters. The summed E-state index contributed by atoms with van der Waals surface area (Å²) in [5.41, 5.74) is 4.19. The van der Waals surface area contributed by atoms with Gasteiger partial charge in [0.25, 0.3) is 0 Å². The van der Waals surface area contributed by atoms with Gasteiger partial charge >= 0.3 is 0 Å². The number of anilines is 1. The van der Waals surface area contributed by atoms with E-state index >= 15 is 0 Å². The van der Waals surface area contributed by atoms with Crippen LogP contribution >= 0.6 is 15.9 Å². The molecule has 2 aliphatic heterocycles. The van der Waals surface area contributed by atoms with Crippen LogP contribution in [-0.2, 0) is 6.42 Å². The Morgan fingerprint density at radius 1 is 1.04 bits per heavy atom. The average molecular weight is 427 g/mol. The predicted molar refractivity (Wildman–Crippen MR) is 107 cm³/mol. The third kappa shape index (κ3) is 3.06. The summed E-state index contributed by atoms with van der Waals surface area (Å²) in [5.74, 6) is 2.61. The maximum atomic E-state index is 5.76. The molecule has 27 heavy (non-hydrogen) atoms. The monoisotopic (exact) mass is 426 g/mol. The minimum absolute atomic E-state index is 0.570. The quantitative estimate of drug-likeness (QED) is 0.664. The largest absolute Gasteiger partial charge is 0.486 e. The Hall–Kier alpha value is -2.54. The van der Waals surface area contributed by atoms with E-state index in [1.165, 1.54) is 5.56 Å². The Morgan fingerprint density at radius 3 is 2.81 bits per heavy atom. The van der Waals surface area contributed by atoms with Gasteiger partial charge in [0.1, 0.15) is 19.0 Å². The molecule has 2 aromatic heterocycles. The van der Waals surface area contributed by atoms with Crippen molar-refractivity contribution in [3.63, 3.8) is 0 Å². The van der Waals surface area contributed by atoms with Crippen LogP contribution in [0.5, 0.6) is 11.5 Å². The number of pyridine rings is 1. The molecule has 0 saturated heterocycles. The van der Waals surface area contributed by atoms with Gasteiger partial charge in [-0.15, -0.1) is 0 Å². The highest BCUT2D eigenvalue weighted by molar-refractivity contribution is 9.10. The van der Waals surface area contributed by atoms with E-state index in [1.807, 2.05) is 29.1 Å². The van der Waals surface area contributed by atoms with Gasteiger partial charge in [-0.2, -0.15) is 5.10 Å². The third-order valence-electron chi connectivity index (χ3n) is 4.88. The van der Waals surface area contributed by atoms with E-state index in [2.05, 4.69) is 32.3 Å². The first-order valence-corrected chi connectivity index (χ1v) is 9.95. The number of benzene rings is 1. The zero-order valence-corrected chi connectivity index (χ0v) is 16.3. The lowest BCUT2D eigenvalue weighted by Crippen LogP contribution is -2.15. The summed E-state index contributed by atoms with van der Waals surface area (Å²) < 4.78 is 14.3. The summed E-state index contributed by atoms with van der Waals surface area (Å²) >= 11 is 3.52. The van der Waals surface area contributed by atoms with Crippen molar-refractivity contribution in [3.8, 4) is 28.4 Å². The van der Waals surface area contributed by atoms with Crippen LogP contribution in [0.15, 0.2) is 41.1 Å². The van der Waals surface area contributed by atoms with Crippen molar-refractivity contribution in [1.29, 1.82) is 0 Å². The molecule has 7 heteroatoms.